The third-order valence-corrected chi connectivity index (χ3v) is 7.24. The van der Waals surface area contributed by atoms with Crippen LogP contribution in [-0.2, 0) is 22.1 Å². The van der Waals surface area contributed by atoms with Crippen molar-refractivity contribution in [3.63, 3.8) is 0 Å². The van der Waals surface area contributed by atoms with Gasteiger partial charge in [0.1, 0.15) is 0 Å². The van der Waals surface area contributed by atoms with Gasteiger partial charge in [0.05, 0.1) is 51.6 Å². The van der Waals surface area contributed by atoms with E-state index in [1.807, 2.05) is 30.3 Å². The maximum atomic E-state index is 13.6. The normalized spacial score (nSPS) is 18.0. The minimum absolute atomic E-state index is 0.115. The Morgan fingerprint density at radius 1 is 0.906 bits per heavy atom. The van der Waals surface area contributed by atoms with Crippen molar-refractivity contribution >= 4 is 28.3 Å². The molecule has 162 valence electrons. The van der Waals surface area contributed by atoms with Crippen LogP contribution in [0.4, 0.5) is 5.69 Å². The van der Waals surface area contributed by atoms with Gasteiger partial charge in [0.2, 0.25) is 0 Å². The van der Waals surface area contributed by atoms with Crippen molar-refractivity contribution in [2.75, 3.05) is 31.2 Å². The highest BCUT2D eigenvalue weighted by Crippen LogP contribution is 2.36. The van der Waals surface area contributed by atoms with Gasteiger partial charge < -0.3 is 14.5 Å². The number of carbonyl (C=O) groups is 2. The Morgan fingerprint density at radius 3 is 2.41 bits per heavy atom. The topological polar surface area (TPSA) is 66.9 Å². The molecule has 6 nitrogen and oxygen atoms in total. The first-order valence-electron chi connectivity index (χ1n) is 10.5. The second-order valence-electron chi connectivity index (χ2n) is 7.73. The highest BCUT2D eigenvalue weighted by atomic mass is 32.2. The number of ether oxygens (including phenoxy) is 1. The molecule has 3 aromatic carbocycles. The number of morpholine rings is 1. The van der Waals surface area contributed by atoms with E-state index in [4.69, 9.17) is 4.74 Å². The van der Waals surface area contributed by atoms with Gasteiger partial charge in [-0.3, -0.25) is 9.59 Å². The van der Waals surface area contributed by atoms with E-state index in [0.717, 1.165) is 5.56 Å². The summed E-state index contributed by atoms with van der Waals surface area (Å²) in [6.07, 6.45) is 0. The Hall–Kier alpha value is -3.29. The molecule has 0 bridgehead atoms. The highest BCUT2D eigenvalue weighted by molar-refractivity contribution is 7.85. The summed E-state index contributed by atoms with van der Waals surface area (Å²) in [4.78, 5) is 31.1. The van der Waals surface area contributed by atoms with Crippen molar-refractivity contribution in [1.82, 2.24) is 4.90 Å². The maximum Gasteiger partial charge on any atom is 0.259 e. The lowest BCUT2D eigenvalue weighted by atomic mass is 10.1. The molecule has 0 saturated carbocycles. The van der Waals surface area contributed by atoms with Crippen LogP contribution in [0.1, 0.15) is 26.3 Å². The van der Waals surface area contributed by atoms with E-state index in [-0.39, 0.29) is 11.8 Å². The van der Waals surface area contributed by atoms with E-state index >= 15 is 0 Å². The summed E-state index contributed by atoms with van der Waals surface area (Å²) in [5.41, 5.74) is 2.34. The molecule has 1 fully saturated rings. The van der Waals surface area contributed by atoms with Gasteiger partial charge in [0.25, 0.3) is 11.8 Å². The molecule has 3 aromatic rings. The number of fused-ring (bicyclic) bond motifs is 2. The van der Waals surface area contributed by atoms with Gasteiger partial charge in [-0.2, -0.15) is 0 Å². The molecule has 0 aromatic heterocycles. The molecule has 1 atom stereocenters. The van der Waals surface area contributed by atoms with Crippen molar-refractivity contribution in [2.45, 2.75) is 16.3 Å². The van der Waals surface area contributed by atoms with Crippen molar-refractivity contribution in [2.24, 2.45) is 0 Å². The molecule has 0 unspecified atom stereocenters. The van der Waals surface area contributed by atoms with Gasteiger partial charge in [-0.1, -0.05) is 42.5 Å². The first-order chi connectivity index (χ1) is 15.6. The van der Waals surface area contributed by atoms with Crippen LogP contribution in [0, 0.1) is 0 Å². The van der Waals surface area contributed by atoms with E-state index in [9.17, 15) is 13.8 Å². The molecule has 2 heterocycles. The zero-order valence-electron chi connectivity index (χ0n) is 17.4. The molecule has 32 heavy (non-hydrogen) atoms. The standard InChI is InChI=1S/C25H22N2O4S/c28-24(26-12-14-31-15-13-26)19-10-11-23-21(16-19)27(17-18-6-2-1-3-7-18)25(29)20-8-4-5-9-22(20)32(23)30/h1-11,16H,12-15,17H2/t32-/m0/s1. The van der Waals surface area contributed by atoms with E-state index in [1.165, 1.54) is 0 Å². The molecule has 2 aliphatic rings. The first kappa shape index (κ1) is 20.6. The minimum Gasteiger partial charge on any atom is -0.378 e. The lowest BCUT2D eigenvalue weighted by molar-refractivity contribution is 0.0303. The predicted octanol–water partition coefficient (Wildman–Crippen LogP) is 3.49. The fourth-order valence-corrected chi connectivity index (χ4v) is 5.41. The number of hydrogen-bond acceptors (Lipinski definition) is 4. The molecule has 5 rings (SSSR count). The van der Waals surface area contributed by atoms with Crippen LogP contribution in [0.25, 0.3) is 0 Å². The lowest BCUT2D eigenvalue weighted by Gasteiger charge is -2.28. The van der Waals surface area contributed by atoms with E-state index < -0.39 is 10.8 Å². The molecule has 2 aliphatic heterocycles. The first-order valence-corrected chi connectivity index (χ1v) is 11.7. The second-order valence-corrected chi connectivity index (χ2v) is 9.15. The molecule has 1 saturated heterocycles. The largest absolute Gasteiger partial charge is 0.378 e. The number of anilines is 1. The fourth-order valence-electron chi connectivity index (χ4n) is 4.07. The van der Waals surface area contributed by atoms with Gasteiger partial charge in [-0.15, -0.1) is 0 Å². The van der Waals surface area contributed by atoms with Crippen LogP contribution in [0.3, 0.4) is 0 Å². The molecular weight excluding hydrogens is 424 g/mol. The second kappa shape index (κ2) is 8.68. The molecular formula is C25H22N2O4S. The van der Waals surface area contributed by atoms with Gasteiger partial charge in [0.15, 0.2) is 0 Å². The van der Waals surface area contributed by atoms with Crippen molar-refractivity contribution < 1.29 is 18.5 Å². The Morgan fingerprint density at radius 2 is 1.62 bits per heavy atom. The fraction of sp³-hybridized carbons (Fsp3) is 0.200. The van der Waals surface area contributed by atoms with Gasteiger partial charge in [0, 0.05) is 18.7 Å². The summed E-state index contributed by atoms with van der Waals surface area (Å²) in [5, 5.41) is 0. The van der Waals surface area contributed by atoms with Crippen LogP contribution >= 0.6 is 0 Å². The van der Waals surface area contributed by atoms with E-state index in [2.05, 4.69) is 0 Å². The smallest absolute Gasteiger partial charge is 0.259 e. The number of carbonyl (C=O) groups excluding carboxylic acids is 2. The van der Waals surface area contributed by atoms with E-state index in [1.54, 1.807) is 52.3 Å². The van der Waals surface area contributed by atoms with Crippen LogP contribution in [0.2, 0.25) is 0 Å². The molecule has 7 heteroatoms. The van der Waals surface area contributed by atoms with Gasteiger partial charge >= 0.3 is 0 Å². The molecule has 0 spiro atoms. The van der Waals surface area contributed by atoms with Crippen molar-refractivity contribution in [3.05, 3.63) is 89.5 Å². The Labute approximate surface area is 188 Å². The quantitative estimate of drug-likeness (QED) is 0.618. The third kappa shape index (κ3) is 3.74. The third-order valence-electron chi connectivity index (χ3n) is 5.74. The average molecular weight is 447 g/mol. The number of rotatable bonds is 3. The SMILES string of the molecule is O=C(c1ccc2c(c1)N(Cc1ccccc1)C(=O)c1ccccc1[S@@]2=O)N1CCOCC1. The zero-order chi connectivity index (χ0) is 22.1. The van der Waals surface area contributed by atoms with Gasteiger partial charge in [-0.05, 0) is 35.9 Å². The number of benzene rings is 3. The zero-order valence-corrected chi connectivity index (χ0v) is 18.2. The Bertz CT molecular complexity index is 1210. The Kier molecular flexibility index (Phi) is 5.59. The Balaban J connectivity index is 1.62. The summed E-state index contributed by atoms with van der Waals surface area (Å²) < 4.78 is 18.8. The number of amides is 2. The molecule has 2 amide bonds. The number of hydrogen-bond donors (Lipinski definition) is 0. The summed E-state index contributed by atoms with van der Waals surface area (Å²) in [5.74, 6) is -0.344. The van der Waals surface area contributed by atoms with Crippen molar-refractivity contribution in [3.8, 4) is 0 Å². The summed E-state index contributed by atoms with van der Waals surface area (Å²) in [6, 6.07) is 21.8. The van der Waals surface area contributed by atoms with Gasteiger partial charge in [-0.25, -0.2) is 4.21 Å². The predicted molar refractivity (Wildman–Crippen MR) is 121 cm³/mol. The maximum absolute atomic E-state index is 13.6. The minimum atomic E-state index is -1.54. The summed E-state index contributed by atoms with van der Waals surface area (Å²) in [6.45, 7) is 2.39. The number of nitrogens with zero attached hydrogens (tertiary/aromatic N) is 2. The lowest BCUT2D eigenvalue weighted by Crippen LogP contribution is -2.40. The molecule has 0 radical (unpaired) electrons. The molecule has 0 aliphatic carbocycles. The van der Waals surface area contributed by atoms with E-state index in [0.29, 0.717) is 59.5 Å². The van der Waals surface area contributed by atoms with Crippen LogP contribution in [0.5, 0.6) is 0 Å². The van der Waals surface area contributed by atoms with Crippen LogP contribution in [0.15, 0.2) is 82.6 Å². The average Bonchev–Trinajstić information content (AvgIpc) is 2.94. The monoisotopic (exact) mass is 446 g/mol. The summed E-state index contributed by atoms with van der Waals surface area (Å²) in [7, 11) is -1.54. The van der Waals surface area contributed by atoms with Crippen LogP contribution in [-0.4, -0.2) is 47.2 Å². The van der Waals surface area contributed by atoms with Crippen LogP contribution < -0.4 is 4.90 Å². The summed E-state index contributed by atoms with van der Waals surface area (Å²) >= 11 is 0. The van der Waals surface area contributed by atoms with Crippen molar-refractivity contribution in [1.29, 1.82) is 0 Å². The highest BCUT2D eigenvalue weighted by Gasteiger charge is 2.32. The molecule has 0 N–H and O–H groups in total.